The summed E-state index contributed by atoms with van der Waals surface area (Å²) in [5.74, 6) is -0.944. The number of allylic oxidation sites excluding steroid dienone is 1. The highest BCUT2D eigenvalue weighted by Crippen LogP contribution is 2.25. The number of rotatable bonds is 6. The van der Waals surface area contributed by atoms with E-state index in [0.717, 1.165) is 29.5 Å². The third kappa shape index (κ3) is 4.06. The maximum Gasteiger partial charge on any atom is 0.255 e. The van der Waals surface area contributed by atoms with Gasteiger partial charge < -0.3 is 0 Å². The second-order valence-electron chi connectivity index (χ2n) is 5.18. The van der Waals surface area contributed by atoms with Gasteiger partial charge in [-0.15, -0.1) is 0 Å². The van der Waals surface area contributed by atoms with E-state index in [1.165, 1.54) is 0 Å². The van der Waals surface area contributed by atoms with Gasteiger partial charge in [0.15, 0.2) is 0 Å². The molecule has 2 aromatic carbocycles. The summed E-state index contributed by atoms with van der Waals surface area (Å²) in [4.78, 5) is 12.0. The monoisotopic (exact) mass is 295 g/mol. The minimum absolute atomic E-state index is 0.430. The lowest BCUT2D eigenvalue weighted by Crippen LogP contribution is -2.27. The third-order valence-corrected chi connectivity index (χ3v) is 3.54. The fraction of sp³-hybridized carbons (Fsp3) is 0.211. The molecule has 0 spiro atoms. The zero-order valence-corrected chi connectivity index (χ0v) is 12.7. The van der Waals surface area contributed by atoms with Crippen molar-refractivity contribution in [3.63, 3.8) is 0 Å². The summed E-state index contributed by atoms with van der Waals surface area (Å²) in [5, 5.41) is 9.01. The maximum absolute atomic E-state index is 12.0. The molecule has 114 valence electrons. The highest BCUT2D eigenvalue weighted by Gasteiger charge is 2.21. The zero-order chi connectivity index (χ0) is 15.8. The topological polar surface area (TPSA) is 49.3 Å². The number of carbonyl (C=O) groups is 1. The fourth-order valence-electron chi connectivity index (χ4n) is 2.39. The molecule has 3 nitrogen and oxygen atoms in total. The predicted molar refractivity (Wildman–Crippen MR) is 88.6 cm³/mol. The van der Waals surface area contributed by atoms with E-state index in [0.29, 0.717) is 0 Å². The van der Waals surface area contributed by atoms with Gasteiger partial charge in [-0.25, -0.2) is 5.48 Å². The molecule has 22 heavy (non-hydrogen) atoms. The second kappa shape index (κ2) is 8.15. The first kappa shape index (κ1) is 16.0. The SMILES string of the molecule is CCC/C=C/c1ccc(C(C(=O)NO)c2ccccc2)cc1. The van der Waals surface area contributed by atoms with Crippen LogP contribution in [0.4, 0.5) is 0 Å². The van der Waals surface area contributed by atoms with Crippen molar-refractivity contribution in [1.29, 1.82) is 0 Å². The fourth-order valence-corrected chi connectivity index (χ4v) is 2.39. The summed E-state index contributed by atoms with van der Waals surface area (Å²) in [5.41, 5.74) is 4.57. The van der Waals surface area contributed by atoms with Crippen LogP contribution in [0.2, 0.25) is 0 Å². The van der Waals surface area contributed by atoms with Gasteiger partial charge in [0.1, 0.15) is 0 Å². The molecule has 0 aromatic heterocycles. The van der Waals surface area contributed by atoms with Crippen LogP contribution in [-0.2, 0) is 4.79 Å². The number of hydrogen-bond acceptors (Lipinski definition) is 2. The van der Waals surface area contributed by atoms with Crippen molar-refractivity contribution in [2.24, 2.45) is 0 Å². The molecule has 0 fully saturated rings. The Kier molecular flexibility index (Phi) is 5.92. The van der Waals surface area contributed by atoms with E-state index < -0.39 is 11.8 Å². The Balaban J connectivity index is 2.27. The van der Waals surface area contributed by atoms with E-state index in [2.05, 4.69) is 19.1 Å². The molecule has 0 aliphatic carbocycles. The molecule has 2 aromatic rings. The van der Waals surface area contributed by atoms with E-state index in [9.17, 15) is 4.79 Å². The van der Waals surface area contributed by atoms with Crippen molar-refractivity contribution in [3.8, 4) is 0 Å². The highest BCUT2D eigenvalue weighted by atomic mass is 16.5. The Morgan fingerprint density at radius 2 is 1.73 bits per heavy atom. The molecule has 0 bridgehead atoms. The summed E-state index contributed by atoms with van der Waals surface area (Å²) in [6.45, 7) is 2.14. The second-order valence-corrected chi connectivity index (χ2v) is 5.18. The molecule has 3 heteroatoms. The van der Waals surface area contributed by atoms with Crippen LogP contribution in [0.15, 0.2) is 60.7 Å². The van der Waals surface area contributed by atoms with Crippen LogP contribution < -0.4 is 5.48 Å². The number of nitrogens with one attached hydrogen (secondary N) is 1. The van der Waals surface area contributed by atoms with Gasteiger partial charge in [-0.3, -0.25) is 10.0 Å². The molecular weight excluding hydrogens is 274 g/mol. The highest BCUT2D eigenvalue weighted by molar-refractivity contribution is 5.86. The predicted octanol–water partition coefficient (Wildman–Crippen LogP) is 4.14. The van der Waals surface area contributed by atoms with Crippen molar-refractivity contribution in [2.45, 2.75) is 25.7 Å². The first-order valence-corrected chi connectivity index (χ1v) is 7.51. The standard InChI is InChI=1S/C19H21NO2/c1-2-3-5-8-15-11-13-17(14-12-15)18(19(21)20-22)16-9-6-4-7-10-16/h4-14,18,22H,2-3H2,1H3,(H,20,21)/b8-5+. The van der Waals surface area contributed by atoms with Gasteiger partial charge in [0.2, 0.25) is 0 Å². The summed E-state index contributed by atoms with van der Waals surface area (Å²) in [7, 11) is 0. The number of amides is 1. The molecule has 0 aliphatic rings. The number of benzene rings is 2. The third-order valence-electron chi connectivity index (χ3n) is 3.54. The molecule has 0 saturated heterocycles. The quantitative estimate of drug-likeness (QED) is 0.621. The van der Waals surface area contributed by atoms with E-state index >= 15 is 0 Å². The average molecular weight is 295 g/mol. The number of hydrogen-bond donors (Lipinski definition) is 2. The minimum Gasteiger partial charge on any atom is -0.289 e. The van der Waals surface area contributed by atoms with Gasteiger partial charge in [-0.2, -0.15) is 0 Å². The van der Waals surface area contributed by atoms with Gasteiger partial charge in [0.25, 0.3) is 5.91 Å². The lowest BCUT2D eigenvalue weighted by molar-refractivity contribution is -0.129. The van der Waals surface area contributed by atoms with Gasteiger partial charge in [-0.1, -0.05) is 80.1 Å². The van der Waals surface area contributed by atoms with Gasteiger partial charge in [0, 0.05) is 0 Å². The van der Waals surface area contributed by atoms with Crippen LogP contribution in [0.5, 0.6) is 0 Å². The van der Waals surface area contributed by atoms with Crippen molar-refractivity contribution >= 4 is 12.0 Å². The number of carbonyl (C=O) groups excluding carboxylic acids is 1. The Bertz CT molecular complexity index is 618. The first-order valence-electron chi connectivity index (χ1n) is 7.51. The minimum atomic E-state index is -0.514. The van der Waals surface area contributed by atoms with Gasteiger partial charge >= 0.3 is 0 Å². The van der Waals surface area contributed by atoms with Crippen molar-refractivity contribution in [3.05, 3.63) is 77.4 Å². The smallest absolute Gasteiger partial charge is 0.255 e. The number of hydroxylamine groups is 1. The van der Waals surface area contributed by atoms with Crippen LogP contribution in [0.3, 0.4) is 0 Å². The summed E-state index contributed by atoms with van der Waals surface area (Å²) in [6.07, 6.45) is 6.41. The summed E-state index contributed by atoms with van der Waals surface area (Å²) < 4.78 is 0. The van der Waals surface area contributed by atoms with E-state index in [-0.39, 0.29) is 0 Å². The van der Waals surface area contributed by atoms with Crippen LogP contribution in [0.1, 0.15) is 42.4 Å². The Morgan fingerprint density at radius 3 is 2.32 bits per heavy atom. The molecule has 1 atom stereocenters. The normalized spacial score (nSPS) is 12.3. The van der Waals surface area contributed by atoms with E-state index in [4.69, 9.17) is 5.21 Å². The lowest BCUT2D eigenvalue weighted by Gasteiger charge is -2.16. The molecule has 2 rings (SSSR count). The molecule has 2 N–H and O–H groups in total. The van der Waals surface area contributed by atoms with Crippen LogP contribution in [0, 0.1) is 0 Å². The first-order chi connectivity index (χ1) is 10.8. The molecule has 1 unspecified atom stereocenters. The largest absolute Gasteiger partial charge is 0.289 e. The number of unbranched alkanes of at least 4 members (excludes halogenated alkanes) is 1. The van der Waals surface area contributed by atoms with Gasteiger partial charge in [-0.05, 0) is 23.1 Å². The summed E-state index contributed by atoms with van der Waals surface area (Å²) in [6, 6.07) is 17.3. The molecule has 0 aliphatic heterocycles. The van der Waals surface area contributed by atoms with Crippen LogP contribution in [0.25, 0.3) is 6.08 Å². The zero-order valence-electron chi connectivity index (χ0n) is 12.7. The average Bonchev–Trinajstić information content (AvgIpc) is 2.57. The molecular formula is C19H21NO2. The Morgan fingerprint density at radius 1 is 1.09 bits per heavy atom. The lowest BCUT2D eigenvalue weighted by atomic mass is 9.90. The molecule has 1 amide bonds. The van der Waals surface area contributed by atoms with Crippen molar-refractivity contribution in [1.82, 2.24) is 5.48 Å². The maximum atomic E-state index is 12.0. The molecule has 0 heterocycles. The van der Waals surface area contributed by atoms with Crippen LogP contribution >= 0.6 is 0 Å². The van der Waals surface area contributed by atoms with E-state index in [1.807, 2.05) is 54.6 Å². The van der Waals surface area contributed by atoms with Gasteiger partial charge in [0.05, 0.1) is 5.92 Å². The van der Waals surface area contributed by atoms with Crippen molar-refractivity contribution in [2.75, 3.05) is 0 Å². The van der Waals surface area contributed by atoms with Crippen molar-refractivity contribution < 1.29 is 10.0 Å². The van der Waals surface area contributed by atoms with Crippen LogP contribution in [-0.4, -0.2) is 11.1 Å². The van der Waals surface area contributed by atoms with E-state index in [1.54, 1.807) is 5.48 Å². The Hall–Kier alpha value is -2.39. The molecule has 0 saturated carbocycles. The molecule has 0 radical (unpaired) electrons. The Labute approximate surface area is 131 Å². The summed E-state index contributed by atoms with van der Waals surface area (Å²) >= 11 is 0.